The zero-order valence-corrected chi connectivity index (χ0v) is 26.3. The monoisotopic (exact) mass is 613 g/mol. The molecule has 0 spiro atoms. The summed E-state index contributed by atoms with van der Waals surface area (Å²) >= 11 is 0. The molecule has 2 heteroatoms. The van der Waals surface area contributed by atoms with Gasteiger partial charge in [0.05, 0.1) is 5.69 Å². The Kier molecular flexibility index (Phi) is 6.84. The number of benzene rings is 8. The van der Waals surface area contributed by atoms with Crippen molar-refractivity contribution >= 4 is 49.8 Å². The molecule has 0 saturated heterocycles. The van der Waals surface area contributed by atoms with Crippen molar-refractivity contribution in [3.63, 3.8) is 0 Å². The lowest BCUT2D eigenvalue weighted by Gasteiger charge is -2.26. The molecule has 2 nitrogen and oxygen atoms in total. The summed E-state index contributed by atoms with van der Waals surface area (Å²) in [6.45, 7) is 0. The fraction of sp³-hybridized carbons (Fsp3) is 0. The Morgan fingerprint density at radius 2 is 0.958 bits per heavy atom. The van der Waals surface area contributed by atoms with Crippen molar-refractivity contribution < 1.29 is 4.42 Å². The number of furan rings is 1. The average Bonchev–Trinajstić information content (AvgIpc) is 3.55. The van der Waals surface area contributed by atoms with E-state index in [1.54, 1.807) is 0 Å². The van der Waals surface area contributed by atoms with Crippen LogP contribution in [0.3, 0.4) is 0 Å². The summed E-state index contributed by atoms with van der Waals surface area (Å²) in [5.41, 5.74) is 12.0. The molecule has 0 unspecified atom stereocenters. The van der Waals surface area contributed by atoms with Gasteiger partial charge in [-0.25, -0.2) is 0 Å². The minimum atomic E-state index is 0.869. The second-order valence-electron chi connectivity index (χ2n) is 12.2. The first-order valence-electron chi connectivity index (χ1n) is 16.3. The number of anilines is 3. The van der Waals surface area contributed by atoms with Gasteiger partial charge in [-0.1, -0.05) is 146 Å². The van der Waals surface area contributed by atoms with Crippen LogP contribution in [0.25, 0.3) is 66.1 Å². The molecule has 1 heterocycles. The Morgan fingerprint density at radius 3 is 1.81 bits per heavy atom. The van der Waals surface area contributed by atoms with Crippen molar-refractivity contribution in [3.8, 4) is 33.4 Å². The normalized spacial score (nSPS) is 11.3. The molecular weight excluding hydrogens is 583 g/mol. The van der Waals surface area contributed by atoms with Crippen molar-refractivity contribution in [1.82, 2.24) is 0 Å². The SMILES string of the molecule is c1ccc(-c2cccc(-c3ccc(N(c4cccc(-c5cccc6ccccc56)c4)c4cccc5c4oc4ccccc45)cc3)c2)cc1. The van der Waals surface area contributed by atoms with E-state index >= 15 is 0 Å². The molecule has 0 radical (unpaired) electrons. The van der Waals surface area contributed by atoms with E-state index < -0.39 is 0 Å². The molecule has 1 aromatic heterocycles. The van der Waals surface area contributed by atoms with Crippen molar-refractivity contribution in [2.24, 2.45) is 0 Å². The van der Waals surface area contributed by atoms with Crippen LogP contribution >= 0.6 is 0 Å². The fourth-order valence-corrected chi connectivity index (χ4v) is 6.94. The average molecular weight is 614 g/mol. The van der Waals surface area contributed by atoms with E-state index in [1.807, 2.05) is 12.1 Å². The molecule has 0 amide bonds. The van der Waals surface area contributed by atoms with Gasteiger partial charge in [0.25, 0.3) is 0 Å². The molecule has 0 saturated carbocycles. The Bertz CT molecular complexity index is 2560. The Hall–Kier alpha value is -6.38. The highest BCUT2D eigenvalue weighted by atomic mass is 16.3. The number of para-hydroxylation sites is 2. The number of hydrogen-bond donors (Lipinski definition) is 0. The quantitative estimate of drug-likeness (QED) is 0.185. The Morgan fingerprint density at radius 1 is 0.354 bits per heavy atom. The predicted octanol–water partition coefficient (Wildman–Crippen LogP) is 13.2. The molecule has 48 heavy (non-hydrogen) atoms. The molecule has 226 valence electrons. The number of hydrogen-bond acceptors (Lipinski definition) is 2. The summed E-state index contributed by atoms with van der Waals surface area (Å²) in [5, 5.41) is 4.70. The summed E-state index contributed by atoms with van der Waals surface area (Å²) in [7, 11) is 0. The van der Waals surface area contributed by atoms with Gasteiger partial charge in [0.2, 0.25) is 0 Å². The fourth-order valence-electron chi connectivity index (χ4n) is 6.94. The van der Waals surface area contributed by atoms with Crippen molar-refractivity contribution in [2.75, 3.05) is 4.90 Å². The third-order valence-corrected chi connectivity index (χ3v) is 9.26. The minimum Gasteiger partial charge on any atom is -0.454 e. The number of fused-ring (bicyclic) bond motifs is 4. The first-order valence-corrected chi connectivity index (χ1v) is 16.3. The molecule has 0 atom stereocenters. The zero-order chi connectivity index (χ0) is 31.9. The molecule has 8 aromatic carbocycles. The summed E-state index contributed by atoms with van der Waals surface area (Å²) in [6.07, 6.45) is 0. The van der Waals surface area contributed by atoms with E-state index in [-0.39, 0.29) is 0 Å². The van der Waals surface area contributed by atoms with Crippen LogP contribution < -0.4 is 4.90 Å². The molecule has 0 aliphatic carbocycles. The molecular formula is C46H31NO. The van der Waals surface area contributed by atoms with Crippen molar-refractivity contribution in [3.05, 3.63) is 188 Å². The van der Waals surface area contributed by atoms with E-state index in [0.29, 0.717) is 0 Å². The minimum absolute atomic E-state index is 0.869. The lowest BCUT2D eigenvalue weighted by atomic mass is 9.97. The van der Waals surface area contributed by atoms with Crippen LogP contribution in [0.1, 0.15) is 0 Å². The van der Waals surface area contributed by atoms with Crippen LogP contribution in [0.15, 0.2) is 192 Å². The topological polar surface area (TPSA) is 16.4 Å². The summed E-state index contributed by atoms with van der Waals surface area (Å²) in [5.74, 6) is 0. The Balaban J connectivity index is 1.20. The van der Waals surface area contributed by atoms with Gasteiger partial charge in [-0.15, -0.1) is 0 Å². The summed E-state index contributed by atoms with van der Waals surface area (Å²) in [4.78, 5) is 2.32. The smallest absolute Gasteiger partial charge is 0.159 e. The first kappa shape index (κ1) is 27.9. The lowest BCUT2D eigenvalue weighted by molar-refractivity contribution is 0.669. The predicted molar refractivity (Wildman–Crippen MR) is 202 cm³/mol. The molecule has 0 fully saturated rings. The van der Waals surface area contributed by atoms with E-state index in [1.165, 1.54) is 44.2 Å². The number of rotatable bonds is 6. The van der Waals surface area contributed by atoms with Gasteiger partial charge in [0.15, 0.2) is 5.58 Å². The van der Waals surface area contributed by atoms with E-state index in [9.17, 15) is 0 Å². The molecule has 9 rings (SSSR count). The second kappa shape index (κ2) is 11.8. The van der Waals surface area contributed by atoms with Gasteiger partial charge in [-0.3, -0.25) is 0 Å². The van der Waals surface area contributed by atoms with Crippen LogP contribution in [0.2, 0.25) is 0 Å². The van der Waals surface area contributed by atoms with Crippen LogP contribution in [-0.2, 0) is 0 Å². The summed E-state index contributed by atoms with van der Waals surface area (Å²) < 4.78 is 6.59. The van der Waals surface area contributed by atoms with Gasteiger partial charge in [-0.2, -0.15) is 0 Å². The zero-order valence-electron chi connectivity index (χ0n) is 26.3. The highest BCUT2D eigenvalue weighted by Crippen LogP contribution is 2.43. The van der Waals surface area contributed by atoms with Crippen LogP contribution in [0.4, 0.5) is 17.1 Å². The molecule has 9 aromatic rings. The Labute approximate surface area is 279 Å². The second-order valence-corrected chi connectivity index (χ2v) is 12.2. The van der Waals surface area contributed by atoms with Crippen LogP contribution in [0, 0.1) is 0 Å². The van der Waals surface area contributed by atoms with Gasteiger partial charge >= 0.3 is 0 Å². The van der Waals surface area contributed by atoms with Crippen LogP contribution in [-0.4, -0.2) is 0 Å². The maximum absolute atomic E-state index is 6.59. The van der Waals surface area contributed by atoms with Crippen molar-refractivity contribution in [2.45, 2.75) is 0 Å². The maximum atomic E-state index is 6.59. The van der Waals surface area contributed by atoms with Crippen LogP contribution in [0.5, 0.6) is 0 Å². The van der Waals surface area contributed by atoms with E-state index in [4.69, 9.17) is 4.42 Å². The van der Waals surface area contributed by atoms with E-state index in [2.05, 4.69) is 181 Å². The first-order chi connectivity index (χ1) is 23.8. The number of nitrogens with zero attached hydrogens (tertiary/aromatic N) is 1. The standard InChI is InChI=1S/C46H31NO/c1-2-12-32(13-3-1)35-16-8-17-36(30-35)33-26-28-38(29-27-33)47(44-24-11-23-43-42-21-6-7-25-45(42)48-46(43)44)39-19-9-18-37(31-39)41-22-10-15-34-14-4-5-20-40(34)41/h1-31H. The van der Waals surface area contributed by atoms with Gasteiger partial charge < -0.3 is 9.32 Å². The third-order valence-electron chi connectivity index (χ3n) is 9.26. The largest absolute Gasteiger partial charge is 0.454 e. The van der Waals surface area contributed by atoms with Crippen molar-refractivity contribution in [1.29, 1.82) is 0 Å². The maximum Gasteiger partial charge on any atom is 0.159 e. The summed E-state index contributed by atoms with van der Waals surface area (Å²) in [6, 6.07) is 66.9. The van der Waals surface area contributed by atoms with E-state index in [0.717, 1.165) is 39.0 Å². The third kappa shape index (κ3) is 4.92. The van der Waals surface area contributed by atoms with Gasteiger partial charge in [-0.05, 0) is 86.6 Å². The lowest BCUT2D eigenvalue weighted by Crippen LogP contribution is -2.10. The highest BCUT2D eigenvalue weighted by molar-refractivity contribution is 6.10. The molecule has 0 aliphatic heterocycles. The van der Waals surface area contributed by atoms with Gasteiger partial charge in [0.1, 0.15) is 5.58 Å². The molecule has 0 N–H and O–H groups in total. The highest BCUT2D eigenvalue weighted by Gasteiger charge is 2.20. The van der Waals surface area contributed by atoms with Gasteiger partial charge in [0, 0.05) is 22.1 Å². The molecule has 0 bridgehead atoms. The molecule has 0 aliphatic rings.